The minimum absolute atomic E-state index is 0.486. The second-order valence-electron chi connectivity index (χ2n) is 7.45. The maximum absolute atomic E-state index is 3.86. The van der Waals surface area contributed by atoms with E-state index in [0.717, 1.165) is 5.92 Å². The van der Waals surface area contributed by atoms with Crippen LogP contribution in [0, 0.1) is 5.92 Å². The highest BCUT2D eigenvalue weighted by Crippen LogP contribution is 2.40. The number of piperazine rings is 1. The van der Waals surface area contributed by atoms with Crippen LogP contribution in [0.2, 0.25) is 0 Å². The highest BCUT2D eigenvalue weighted by molar-refractivity contribution is 5.21. The summed E-state index contributed by atoms with van der Waals surface area (Å²) in [5, 5.41) is 3.86. The molecule has 1 aliphatic heterocycles. The van der Waals surface area contributed by atoms with Crippen molar-refractivity contribution in [3.05, 3.63) is 35.9 Å². The van der Waals surface area contributed by atoms with Crippen molar-refractivity contribution in [3.8, 4) is 0 Å². The van der Waals surface area contributed by atoms with E-state index < -0.39 is 0 Å². The summed E-state index contributed by atoms with van der Waals surface area (Å²) >= 11 is 0. The van der Waals surface area contributed by atoms with Crippen LogP contribution >= 0.6 is 0 Å². The Balaban J connectivity index is 1.48. The molecule has 4 rings (SSSR count). The smallest absolute Gasteiger partial charge is 0.0450 e. The van der Waals surface area contributed by atoms with Gasteiger partial charge in [-0.25, -0.2) is 0 Å². The molecule has 3 fully saturated rings. The van der Waals surface area contributed by atoms with Gasteiger partial charge < -0.3 is 5.32 Å². The third-order valence-corrected chi connectivity index (χ3v) is 5.99. The first-order valence-corrected chi connectivity index (χ1v) is 8.89. The van der Waals surface area contributed by atoms with Crippen molar-refractivity contribution in [3.63, 3.8) is 0 Å². The molecule has 114 valence electrons. The van der Waals surface area contributed by atoms with E-state index in [9.17, 15) is 0 Å². The highest BCUT2D eigenvalue weighted by Gasteiger charge is 2.43. The van der Waals surface area contributed by atoms with Crippen molar-refractivity contribution in [2.24, 2.45) is 5.92 Å². The monoisotopic (exact) mass is 284 g/mol. The Kier molecular flexibility index (Phi) is 3.76. The van der Waals surface area contributed by atoms with E-state index in [1.807, 2.05) is 0 Å². The topological polar surface area (TPSA) is 15.3 Å². The minimum atomic E-state index is 0.486. The summed E-state index contributed by atoms with van der Waals surface area (Å²) < 4.78 is 0. The van der Waals surface area contributed by atoms with Crippen LogP contribution in [0.25, 0.3) is 0 Å². The molecule has 3 aliphatic rings. The first-order valence-electron chi connectivity index (χ1n) is 8.89. The normalized spacial score (nSPS) is 29.0. The van der Waals surface area contributed by atoms with E-state index in [-0.39, 0.29) is 0 Å². The van der Waals surface area contributed by atoms with Gasteiger partial charge in [-0.1, -0.05) is 56.0 Å². The zero-order valence-electron chi connectivity index (χ0n) is 13.1. The van der Waals surface area contributed by atoms with Crippen molar-refractivity contribution in [1.29, 1.82) is 0 Å². The summed E-state index contributed by atoms with van der Waals surface area (Å²) in [7, 11) is 0. The molecule has 1 heterocycles. The fourth-order valence-corrected chi connectivity index (χ4v) is 4.41. The summed E-state index contributed by atoms with van der Waals surface area (Å²) in [6, 6.07) is 11.6. The molecule has 1 atom stereocenters. The molecule has 0 aromatic heterocycles. The largest absolute Gasteiger partial charge is 0.307 e. The second-order valence-corrected chi connectivity index (χ2v) is 7.45. The Morgan fingerprint density at radius 1 is 1.10 bits per heavy atom. The summed E-state index contributed by atoms with van der Waals surface area (Å²) in [6.07, 6.45) is 10.1. The average molecular weight is 284 g/mol. The lowest BCUT2D eigenvalue weighted by molar-refractivity contribution is 0.0404. The molecule has 0 radical (unpaired) electrons. The van der Waals surface area contributed by atoms with Crippen molar-refractivity contribution in [1.82, 2.24) is 10.2 Å². The molecule has 2 nitrogen and oxygen atoms in total. The van der Waals surface area contributed by atoms with Gasteiger partial charge in [-0.3, -0.25) is 4.90 Å². The van der Waals surface area contributed by atoms with E-state index in [2.05, 4.69) is 40.5 Å². The molecule has 1 spiro atoms. The van der Waals surface area contributed by atoms with Crippen molar-refractivity contribution < 1.29 is 0 Å². The Hall–Kier alpha value is -0.860. The predicted molar refractivity (Wildman–Crippen MR) is 87.3 cm³/mol. The minimum Gasteiger partial charge on any atom is -0.307 e. The van der Waals surface area contributed by atoms with Crippen molar-refractivity contribution in [2.75, 3.05) is 19.6 Å². The lowest BCUT2D eigenvalue weighted by Gasteiger charge is -2.48. The van der Waals surface area contributed by atoms with Crippen molar-refractivity contribution >= 4 is 0 Å². The number of rotatable bonds is 4. The van der Waals surface area contributed by atoms with Crippen LogP contribution in [0.3, 0.4) is 0 Å². The average Bonchev–Trinajstić information content (AvgIpc) is 3.26. The van der Waals surface area contributed by atoms with Crippen LogP contribution in [0.4, 0.5) is 0 Å². The molecule has 0 bridgehead atoms. The van der Waals surface area contributed by atoms with Crippen LogP contribution in [-0.4, -0.2) is 30.1 Å². The molecule has 2 heteroatoms. The van der Waals surface area contributed by atoms with Gasteiger partial charge in [0, 0.05) is 24.7 Å². The molecule has 1 aromatic carbocycles. The second kappa shape index (κ2) is 5.73. The first-order chi connectivity index (χ1) is 10.4. The molecule has 1 aromatic rings. The maximum atomic E-state index is 3.86. The summed E-state index contributed by atoms with van der Waals surface area (Å²) in [5.74, 6) is 1.05. The molecular formula is C19H28N2. The van der Waals surface area contributed by atoms with Crippen LogP contribution in [-0.2, 0) is 0 Å². The third-order valence-electron chi connectivity index (χ3n) is 5.99. The Morgan fingerprint density at radius 3 is 2.57 bits per heavy atom. The fourth-order valence-electron chi connectivity index (χ4n) is 4.41. The van der Waals surface area contributed by atoms with Gasteiger partial charge in [0.15, 0.2) is 0 Å². The van der Waals surface area contributed by atoms with E-state index >= 15 is 0 Å². The highest BCUT2D eigenvalue weighted by atomic mass is 15.3. The molecular weight excluding hydrogens is 256 g/mol. The summed E-state index contributed by atoms with van der Waals surface area (Å²) in [6.45, 7) is 3.73. The van der Waals surface area contributed by atoms with Gasteiger partial charge in [0.2, 0.25) is 0 Å². The van der Waals surface area contributed by atoms with Gasteiger partial charge in [0.25, 0.3) is 0 Å². The molecule has 1 unspecified atom stereocenters. The molecule has 1 saturated heterocycles. The van der Waals surface area contributed by atoms with Gasteiger partial charge in [-0.05, 0) is 37.3 Å². The lowest BCUT2D eigenvalue weighted by atomic mass is 9.89. The predicted octanol–water partition coefficient (Wildman–Crippen LogP) is 3.75. The van der Waals surface area contributed by atoms with E-state index in [1.165, 1.54) is 70.1 Å². The number of nitrogens with one attached hydrogen (secondary N) is 1. The molecule has 2 aliphatic carbocycles. The molecule has 2 saturated carbocycles. The van der Waals surface area contributed by atoms with Gasteiger partial charge >= 0.3 is 0 Å². The first kappa shape index (κ1) is 13.8. The van der Waals surface area contributed by atoms with Crippen molar-refractivity contribution in [2.45, 2.75) is 56.5 Å². The standard InChI is InChI=1S/C19H28N2/c1-2-6-17(7-3-1)18-14-21(13-10-16-8-9-16)19(15-20-18)11-4-5-12-19/h1-3,6-7,16,18,20H,4-5,8-15H2. The van der Waals surface area contributed by atoms with Gasteiger partial charge in [0.05, 0.1) is 0 Å². The van der Waals surface area contributed by atoms with Gasteiger partial charge in [-0.2, -0.15) is 0 Å². The van der Waals surface area contributed by atoms with Crippen LogP contribution in [0.15, 0.2) is 30.3 Å². The van der Waals surface area contributed by atoms with Gasteiger partial charge in [-0.15, -0.1) is 0 Å². The lowest BCUT2D eigenvalue weighted by Crippen LogP contribution is -2.60. The number of benzene rings is 1. The van der Waals surface area contributed by atoms with Gasteiger partial charge in [0.1, 0.15) is 0 Å². The SMILES string of the molecule is c1ccc(C2CN(CCC3CC3)C3(CCCC3)CN2)cc1. The van der Waals surface area contributed by atoms with E-state index in [1.54, 1.807) is 0 Å². The van der Waals surface area contributed by atoms with Crippen LogP contribution < -0.4 is 5.32 Å². The maximum Gasteiger partial charge on any atom is 0.0450 e. The Bertz CT molecular complexity index is 460. The fraction of sp³-hybridized carbons (Fsp3) is 0.684. The summed E-state index contributed by atoms with van der Waals surface area (Å²) in [5.41, 5.74) is 1.95. The van der Waals surface area contributed by atoms with Crippen LogP contribution in [0.5, 0.6) is 0 Å². The Labute approximate surface area is 128 Å². The molecule has 21 heavy (non-hydrogen) atoms. The molecule has 1 N–H and O–H groups in total. The molecule has 0 amide bonds. The van der Waals surface area contributed by atoms with E-state index in [0.29, 0.717) is 11.6 Å². The van der Waals surface area contributed by atoms with E-state index in [4.69, 9.17) is 0 Å². The number of hydrogen-bond donors (Lipinski definition) is 1. The third kappa shape index (κ3) is 2.89. The zero-order chi connectivity index (χ0) is 14.1. The quantitative estimate of drug-likeness (QED) is 0.906. The van der Waals surface area contributed by atoms with Crippen LogP contribution in [0.1, 0.15) is 56.6 Å². The number of nitrogens with zero attached hydrogens (tertiary/aromatic N) is 1. The zero-order valence-corrected chi connectivity index (χ0v) is 13.1. The summed E-state index contributed by atoms with van der Waals surface area (Å²) in [4.78, 5) is 2.87. The Morgan fingerprint density at radius 2 is 1.86 bits per heavy atom. The number of hydrogen-bond acceptors (Lipinski definition) is 2.